The molecule has 0 spiro atoms. The Bertz CT molecular complexity index is 2530. The molecule has 4 saturated heterocycles. The average Bonchev–Trinajstić information content (AvgIpc) is 1.41. The van der Waals surface area contributed by atoms with Crippen molar-refractivity contribution in [2.24, 2.45) is 34.5 Å². The van der Waals surface area contributed by atoms with Gasteiger partial charge in [0.15, 0.2) is 31.3 Å². The molecule has 9 aliphatic rings. The van der Waals surface area contributed by atoms with Gasteiger partial charge in [0, 0.05) is 44.1 Å². The van der Waals surface area contributed by atoms with Crippen LogP contribution >= 0.6 is 0 Å². The third-order valence-corrected chi connectivity index (χ3v) is 21.5. The summed E-state index contributed by atoms with van der Waals surface area (Å²) in [6.07, 6.45) is 15.1. The minimum atomic E-state index is -1.75. The lowest BCUT2D eigenvalue weighted by Crippen LogP contribution is -2.67. The minimum Gasteiger partial charge on any atom is -0.459 e. The van der Waals surface area contributed by atoms with E-state index in [-0.39, 0.29) is 67.5 Å². The molecule has 5 heterocycles. The van der Waals surface area contributed by atoms with E-state index in [1.807, 2.05) is 26.0 Å². The lowest BCUT2D eigenvalue weighted by atomic mass is 9.42. The number of hydrogen-bond donors (Lipinski definition) is 7. The molecule has 0 unspecified atom stereocenters. The fourth-order valence-corrected chi connectivity index (χ4v) is 16.7. The molecule has 0 radical (unpaired) electrons. The lowest BCUT2D eigenvalue weighted by Gasteiger charge is -2.65. The van der Waals surface area contributed by atoms with E-state index < -0.39 is 140 Å². The van der Waals surface area contributed by atoms with Crippen LogP contribution in [-0.2, 0) is 66.5 Å². The molecule has 21 heteroatoms. The fraction of sp³-hybridized carbons (Fsp3) is 0.783. The van der Waals surface area contributed by atoms with Gasteiger partial charge < -0.3 is 87.9 Å². The Morgan fingerprint density at radius 1 is 0.644 bits per heavy atom. The molecule has 21 nitrogen and oxygen atoms in total. The quantitative estimate of drug-likeness (QED) is 0.0158. The molecule has 4 aliphatic carbocycles. The van der Waals surface area contributed by atoms with Crippen molar-refractivity contribution in [2.45, 2.75) is 293 Å². The van der Waals surface area contributed by atoms with Crippen LogP contribution < -0.4 is 0 Å². The summed E-state index contributed by atoms with van der Waals surface area (Å²) in [5.41, 5.74) is -1.05. The zero-order valence-corrected chi connectivity index (χ0v) is 53.8. The van der Waals surface area contributed by atoms with Crippen LogP contribution in [-0.4, -0.2) is 189 Å². The Morgan fingerprint density at radius 3 is 1.81 bits per heavy atom. The number of allylic oxidation sites excluding steroid dienone is 10. The zero-order valence-electron chi connectivity index (χ0n) is 53.8. The van der Waals surface area contributed by atoms with Crippen LogP contribution in [0, 0.1) is 34.5 Å². The summed E-state index contributed by atoms with van der Waals surface area (Å²) < 4.78 is 66.8. The first-order chi connectivity index (χ1) is 43.1. The fourth-order valence-electron chi connectivity index (χ4n) is 16.7. The number of fused-ring (bicyclic) bond motifs is 5. The van der Waals surface area contributed by atoms with Gasteiger partial charge in [0.25, 0.3) is 0 Å². The maximum absolute atomic E-state index is 12.9. The molecule has 5 aliphatic heterocycles. The molecule has 8 fully saturated rings. The van der Waals surface area contributed by atoms with Gasteiger partial charge >= 0.3 is 17.9 Å². The van der Waals surface area contributed by atoms with E-state index in [9.17, 15) is 50.1 Å². The molecule has 506 valence electrons. The molecule has 0 aromatic heterocycles. The molecular formula is C69H104O21. The van der Waals surface area contributed by atoms with Gasteiger partial charge in [-0.2, -0.15) is 0 Å². The van der Waals surface area contributed by atoms with Crippen LogP contribution in [0.5, 0.6) is 0 Å². The zero-order chi connectivity index (χ0) is 64.5. The van der Waals surface area contributed by atoms with Crippen LogP contribution in [0.15, 0.2) is 72.4 Å². The van der Waals surface area contributed by atoms with Gasteiger partial charge in [-0.25, -0.2) is 4.79 Å². The van der Waals surface area contributed by atoms with Crippen LogP contribution in [0.2, 0.25) is 0 Å². The number of aliphatic hydroxyl groups excluding tert-OH is 6. The molecule has 0 amide bonds. The molecule has 90 heavy (non-hydrogen) atoms. The number of rotatable bonds is 25. The van der Waals surface area contributed by atoms with Crippen molar-refractivity contribution in [3.8, 4) is 0 Å². The SMILES string of the molecule is CC/C=C\C/C=C\C/C=C\C/C=C\C/C=C\CCCC(=O)O[C@H]1[C@H](O)[C@@H](O)[C@H](O[C@H]2[C@@H](OC(C)=O)C[C@H](O[C@H]3[C@@H](O)C[C@H](O[C@H]4[C@@H](O)C[C@H](O[C@H]5CC[C@@]6(C)[C@H](CC[C@@H]7[C@@H]6C[C@@H](O)[C@]6(C)[C@@H](C8=CC(=O)OC8)CC[C@]76O)C5)O[C@@H]4C)O[C@@H]3C)O[C@@H]2C)O[C@@H]1CO. The Kier molecular flexibility index (Phi) is 24.8. The predicted octanol–water partition coefficient (Wildman–Crippen LogP) is 7.09. The normalized spacial score (nSPS) is 44.0. The first-order valence-electron chi connectivity index (χ1n) is 33.5. The molecule has 9 rings (SSSR count). The van der Waals surface area contributed by atoms with Gasteiger partial charge in [-0.15, -0.1) is 0 Å². The van der Waals surface area contributed by atoms with E-state index in [1.54, 1.807) is 19.9 Å². The van der Waals surface area contributed by atoms with Gasteiger partial charge in [0.2, 0.25) is 0 Å². The smallest absolute Gasteiger partial charge is 0.331 e. The number of ether oxygens (including phenoxy) is 11. The molecular weight excluding hydrogens is 1160 g/mol. The Hall–Kier alpha value is -3.75. The summed E-state index contributed by atoms with van der Waals surface area (Å²) in [7, 11) is 0. The molecule has 0 aromatic carbocycles. The van der Waals surface area contributed by atoms with Gasteiger partial charge in [-0.1, -0.05) is 81.5 Å². The van der Waals surface area contributed by atoms with E-state index in [2.05, 4.69) is 62.5 Å². The number of hydrogen-bond acceptors (Lipinski definition) is 21. The van der Waals surface area contributed by atoms with Gasteiger partial charge in [-0.05, 0) is 152 Å². The van der Waals surface area contributed by atoms with Crippen molar-refractivity contribution < 1.29 is 102 Å². The summed E-state index contributed by atoms with van der Waals surface area (Å²) in [5.74, 6) is -1.27. The summed E-state index contributed by atoms with van der Waals surface area (Å²) in [5, 5.41) is 80.6. The second kappa shape index (κ2) is 31.7. The average molecular weight is 1270 g/mol. The highest BCUT2D eigenvalue weighted by atomic mass is 16.8. The van der Waals surface area contributed by atoms with E-state index in [1.165, 1.54) is 6.92 Å². The van der Waals surface area contributed by atoms with Crippen molar-refractivity contribution >= 4 is 17.9 Å². The minimum absolute atomic E-state index is 0.0225. The molecule has 26 atom stereocenters. The van der Waals surface area contributed by atoms with E-state index in [4.69, 9.17) is 52.1 Å². The van der Waals surface area contributed by atoms with E-state index in [0.29, 0.717) is 38.0 Å². The van der Waals surface area contributed by atoms with E-state index in [0.717, 1.165) is 69.8 Å². The molecule has 0 bridgehead atoms. The highest BCUT2D eigenvalue weighted by molar-refractivity contribution is 5.85. The van der Waals surface area contributed by atoms with Crippen LogP contribution in [0.1, 0.15) is 170 Å². The molecule has 7 N–H and O–H groups in total. The van der Waals surface area contributed by atoms with Crippen molar-refractivity contribution in [1.29, 1.82) is 0 Å². The Morgan fingerprint density at radius 2 is 1.23 bits per heavy atom. The maximum atomic E-state index is 12.9. The van der Waals surface area contributed by atoms with Gasteiger partial charge in [0.1, 0.15) is 49.3 Å². The molecule has 4 saturated carbocycles. The highest BCUT2D eigenvalue weighted by Crippen LogP contribution is 2.70. The summed E-state index contributed by atoms with van der Waals surface area (Å²) >= 11 is 0. The van der Waals surface area contributed by atoms with Crippen molar-refractivity contribution in [3.05, 3.63) is 72.4 Å². The van der Waals surface area contributed by atoms with Gasteiger partial charge in [-0.3, -0.25) is 9.59 Å². The third-order valence-electron chi connectivity index (χ3n) is 21.5. The first-order valence-corrected chi connectivity index (χ1v) is 33.5. The van der Waals surface area contributed by atoms with Crippen molar-refractivity contribution in [3.63, 3.8) is 0 Å². The number of carbonyl (C=O) groups excluding carboxylic acids is 3. The monoisotopic (exact) mass is 1270 g/mol. The first kappa shape index (κ1) is 70.6. The third kappa shape index (κ3) is 16.1. The highest BCUT2D eigenvalue weighted by Gasteiger charge is 2.71. The van der Waals surface area contributed by atoms with Gasteiger partial charge in [0.05, 0.1) is 54.9 Å². The largest absolute Gasteiger partial charge is 0.459 e. The van der Waals surface area contributed by atoms with Crippen LogP contribution in [0.25, 0.3) is 0 Å². The number of carbonyl (C=O) groups is 3. The maximum Gasteiger partial charge on any atom is 0.331 e. The topological polar surface area (TPSA) is 294 Å². The predicted molar refractivity (Wildman–Crippen MR) is 327 cm³/mol. The van der Waals surface area contributed by atoms with Crippen LogP contribution in [0.4, 0.5) is 0 Å². The number of esters is 3. The van der Waals surface area contributed by atoms with Crippen LogP contribution in [0.3, 0.4) is 0 Å². The summed E-state index contributed by atoms with van der Waals surface area (Å²) in [6.45, 7) is 12.4. The number of aliphatic hydroxyl groups is 7. The summed E-state index contributed by atoms with van der Waals surface area (Å²) in [4.78, 5) is 37.5. The Balaban J connectivity index is 0.689. The van der Waals surface area contributed by atoms with Crippen molar-refractivity contribution in [1.82, 2.24) is 0 Å². The molecule has 0 aromatic rings. The number of unbranched alkanes of at least 4 members (excludes halogenated alkanes) is 1. The van der Waals surface area contributed by atoms with Crippen molar-refractivity contribution in [2.75, 3.05) is 13.2 Å². The lowest BCUT2D eigenvalue weighted by molar-refractivity contribution is -0.355. The second-order valence-electron chi connectivity index (χ2n) is 27.3. The van der Waals surface area contributed by atoms with E-state index >= 15 is 0 Å². The standard InChI is InChI=1S/C69H104O21/c1-8-9-10-11-12-13-14-15-16-17-18-19-20-21-22-23-24-25-55(75)87-65-53(38-70)86-66(61(78)60(65)77)90-64-42(4)83-59(37-52(64)84-43(5)71)89-63-41(3)82-58(36-51(63)73)88-62-40(2)81-57(35-50(62)72)85-46-28-30-67(6)45(33-46)26-27-48-49(67)34-54(74)68(7)47(29-31-69(48,68)79)44-32-56(76)80-39-44/h9-10,12-13,15-16,18-19,21-22,32,40-42,45-54,57-66,70,72-74,77-79H,8,11,14,17,20,23-31,33-39H2,1-7H3/b10-9-,13-12-,16-15-,19-18-,22-21-/t40-,41-,42-,45-,46+,47-,48-,49+,50+,51+,52+,53-,54-,57+,58+,59+,60-,61-,62-,63-,64-,65-,66+,67+,68+,69+/m1/s1. The summed E-state index contributed by atoms with van der Waals surface area (Å²) in [6, 6.07) is 0. The number of cyclic esters (lactones) is 1. The second-order valence-corrected chi connectivity index (χ2v) is 27.3. The Labute approximate surface area is 531 Å².